The largest absolute Gasteiger partial charge is 0.393 e. The smallest absolute Gasteiger partial charge is 0.0921 e. The second-order valence-corrected chi connectivity index (χ2v) is 9.84. The lowest BCUT2D eigenvalue weighted by Gasteiger charge is -2.58. The van der Waals surface area contributed by atoms with Gasteiger partial charge in [0.2, 0.25) is 0 Å². The van der Waals surface area contributed by atoms with Gasteiger partial charge < -0.3 is 10.1 Å². The molecular weight excluding hydrogens is 308 g/mol. The van der Waals surface area contributed by atoms with Crippen molar-refractivity contribution in [1.82, 2.24) is 9.97 Å². The molecule has 3 nitrogen and oxygen atoms in total. The minimum atomic E-state index is -0.0963. The van der Waals surface area contributed by atoms with Crippen molar-refractivity contribution in [3.05, 3.63) is 29.9 Å². The summed E-state index contributed by atoms with van der Waals surface area (Å²) in [6.45, 7) is 5.09. The minimum Gasteiger partial charge on any atom is -0.393 e. The van der Waals surface area contributed by atoms with Gasteiger partial charge in [0.05, 0.1) is 12.4 Å². The van der Waals surface area contributed by atoms with Crippen LogP contribution < -0.4 is 0 Å². The summed E-state index contributed by atoms with van der Waals surface area (Å²) in [6, 6.07) is 0. The van der Waals surface area contributed by atoms with Gasteiger partial charge in [-0.1, -0.05) is 25.5 Å². The number of allylic oxidation sites excluding steroid dienone is 1. The molecule has 0 aromatic carbocycles. The van der Waals surface area contributed by atoms with E-state index < -0.39 is 0 Å². The van der Waals surface area contributed by atoms with Gasteiger partial charge in [-0.15, -0.1) is 0 Å². The molecule has 0 aliphatic heterocycles. The molecule has 7 atom stereocenters. The Bertz CT molecular complexity index is 680. The van der Waals surface area contributed by atoms with Gasteiger partial charge >= 0.3 is 0 Å². The van der Waals surface area contributed by atoms with E-state index in [-0.39, 0.29) is 6.10 Å². The van der Waals surface area contributed by atoms with E-state index in [4.69, 9.17) is 0 Å². The van der Waals surface area contributed by atoms with Crippen LogP contribution in [0.25, 0.3) is 0 Å². The average molecular weight is 341 g/mol. The van der Waals surface area contributed by atoms with Crippen molar-refractivity contribution in [2.75, 3.05) is 0 Å². The third kappa shape index (κ3) is 2.17. The van der Waals surface area contributed by atoms with E-state index in [0.717, 1.165) is 30.6 Å². The van der Waals surface area contributed by atoms with Gasteiger partial charge in [0.1, 0.15) is 0 Å². The fraction of sp³-hybridized carbons (Fsp3) is 0.773. The predicted octanol–water partition coefficient (Wildman–Crippen LogP) is 4.82. The summed E-state index contributed by atoms with van der Waals surface area (Å²) in [4.78, 5) is 7.72. The molecule has 3 saturated carbocycles. The summed E-state index contributed by atoms with van der Waals surface area (Å²) in [7, 11) is 0. The molecule has 0 amide bonds. The third-order valence-corrected chi connectivity index (χ3v) is 8.97. The first kappa shape index (κ1) is 16.1. The number of nitrogens with zero attached hydrogens (tertiary/aromatic N) is 1. The van der Waals surface area contributed by atoms with E-state index >= 15 is 0 Å². The van der Waals surface area contributed by atoms with Crippen LogP contribution >= 0.6 is 0 Å². The van der Waals surface area contributed by atoms with Crippen LogP contribution in [-0.4, -0.2) is 21.2 Å². The first-order valence-corrected chi connectivity index (χ1v) is 10.4. The topological polar surface area (TPSA) is 48.9 Å². The molecule has 1 aromatic heterocycles. The van der Waals surface area contributed by atoms with Gasteiger partial charge in [-0.05, 0) is 80.0 Å². The van der Waals surface area contributed by atoms with Crippen molar-refractivity contribution in [1.29, 1.82) is 0 Å². The summed E-state index contributed by atoms with van der Waals surface area (Å²) >= 11 is 0. The van der Waals surface area contributed by atoms with Crippen molar-refractivity contribution in [3.8, 4) is 0 Å². The Balaban J connectivity index is 1.47. The first-order valence-electron chi connectivity index (χ1n) is 10.4. The van der Waals surface area contributed by atoms with Crippen LogP contribution in [-0.2, 0) is 0 Å². The molecule has 2 N–H and O–H groups in total. The molecule has 4 aliphatic rings. The highest BCUT2D eigenvalue weighted by molar-refractivity contribution is 5.26. The highest BCUT2D eigenvalue weighted by Gasteiger charge is 2.58. The fourth-order valence-corrected chi connectivity index (χ4v) is 7.61. The highest BCUT2D eigenvalue weighted by atomic mass is 16.3. The van der Waals surface area contributed by atoms with E-state index in [0.29, 0.717) is 16.7 Å². The van der Waals surface area contributed by atoms with Crippen molar-refractivity contribution in [3.63, 3.8) is 0 Å². The summed E-state index contributed by atoms with van der Waals surface area (Å²) in [5, 5.41) is 10.1. The normalized spacial score (nSPS) is 49.1. The lowest BCUT2D eigenvalue weighted by Crippen LogP contribution is -2.50. The number of nitrogens with one attached hydrogen (secondary N) is 1. The van der Waals surface area contributed by atoms with Gasteiger partial charge in [-0.25, -0.2) is 4.98 Å². The number of hydrogen-bond donors (Lipinski definition) is 2. The molecule has 3 fully saturated rings. The lowest BCUT2D eigenvalue weighted by atomic mass is 9.47. The number of hydrogen-bond acceptors (Lipinski definition) is 2. The zero-order valence-electron chi connectivity index (χ0n) is 15.7. The summed E-state index contributed by atoms with van der Waals surface area (Å²) in [5.41, 5.74) is 3.74. The zero-order valence-corrected chi connectivity index (χ0v) is 15.7. The van der Waals surface area contributed by atoms with Crippen molar-refractivity contribution in [2.24, 2.45) is 28.6 Å². The van der Waals surface area contributed by atoms with E-state index in [2.05, 4.69) is 36.1 Å². The SMILES string of the molecule is C[C@]12CC[C@H]3[C@@H](CC=C4C[C@@H](O)CC[C@@]43C)[C@@H]1CC[C@@H]2c1cnc[nH]1. The maximum atomic E-state index is 10.1. The Labute approximate surface area is 151 Å². The Morgan fingerprint density at radius 2 is 2.00 bits per heavy atom. The van der Waals surface area contributed by atoms with Gasteiger partial charge in [-0.2, -0.15) is 0 Å². The van der Waals surface area contributed by atoms with Gasteiger partial charge in [0.25, 0.3) is 0 Å². The first-order chi connectivity index (χ1) is 12.0. The van der Waals surface area contributed by atoms with Crippen LogP contribution in [0.1, 0.15) is 76.8 Å². The van der Waals surface area contributed by atoms with Gasteiger partial charge in [-0.3, -0.25) is 0 Å². The Hall–Kier alpha value is -1.09. The number of H-pyrrole nitrogens is 1. The maximum absolute atomic E-state index is 10.1. The summed E-state index contributed by atoms with van der Waals surface area (Å²) < 4.78 is 0. The standard InChI is InChI=1S/C22H32N2O/c1-21-9-7-15(25)11-14(21)3-4-16-17-5-6-19(20-12-23-13-24-20)22(17,2)10-8-18(16)21/h3,12-13,15-19,25H,4-11H2,1-2H3,(H,23,24)/t15-,16-,17-,18-,19+,21-,22-/m0/s1. The molecule has 25 heavy (non-hydrogen) atoms. The summed E-state index contributed by atoms with van der Waals surface area (Å²) in [5.74, 6) is 3.18. The van der Waals surface area contributed by atoms with E-state index in [1.54, 1.807) is 5.57 Å². The quantitative estimate of drug-likeness (QED) is 0.720. The number of imidazole rings is 1. The maximum Gasteiger partial charge on any atom is 0.0921 e. The van der Waals surface area contributed by atoms with Gasteiger partial charge in [0.15, 0.2) is 0 Å². The lowest BCUT2D eigenvalue weighted by molar-refractivity contribution is -0.0412. The molecule has 0 bridgehead atoms. The van der Waals surface area contributed by atoms with Crippen molar-refractivity contribution >= 4 is 0 Å². The molecule has 1 aromatic rings. The second-order valence-electron chi connectivity index (χ2n) is 9.84. The number of aromatic nitrogens is 2. The molecule has 4 aliphatic carbocycles. The summed E-state index contributed by atoms with van der Waals surface area (Å²) in [6.07, 6.45) is 16.1. The van der Waals surface area contributed by atoms with Gasteiger partial charge in [0, 0.05) is 17.8 Å². The molecule has 0 unspecified atom stereocenters. The Morgan fingerprint density at radius 3 is 2.80 bits per heavy atom. The van der Waals surface area contributed by atoms with Crippen LogP contribution in [0, 0.1) is 28.6 Å². The predicted molar refractivity (Wildman–Crippen MR) is 99.0 cm³/mol. The monoisotopic (exact) mass is 340 g/mol. The number of rotatable bonds is 1. The molecular formula is C22H32N2O. The van der Waals surface area contributed by atoms with E-state index in [1.807, 2.05) is 6.33 Å². The number of aliphatic hydroxyl groups excluding tert-OH is 1. The third-order valence-electron chi connectivity index (χ3n) is 8.97. The molecule has 3 heteroatoms. The number of aliphatic hydroxyl groups is 1. The molecule has 0 radical (unpaired) electrons. The second kappa shape index (κ2) is 5.45. The molecule has 1 heterocycles. The van der Waals surface area contributed by atoms with Crippen LogP contribution in [0.4, 0.5) is 0 Å². The van der Waals surface area contributed by atoms with Crippen LogP contribution in [0.3, 0.4) is 0 Å². The van der Waals surface area contributed by atoms with Crippen LogP contribution in [0.15, 0.2) is 24.2 Å². The molecule has 5 rings (SSSR count). The van der Waals surface area contributed by atoms with Crippen molar-refractivity contribution < 1.29 is 5.11 Å². The van der Waals surface area contributed by atoms with Crippen molar-refractivity contribution in [2.45, 2.75) is 77.2 Å². The highest BCUT2D eigenvalue weighted by Crippen LogP contribution is 2.67. The zero-order chi connectivity index (χ0) is 17.2. The molecule has 0 spiro atoms. The van der Waals surface area contributed by atoms with Crippen LogP contribution in [0.2, 0.25) is 0 Å². The Kier molecular flexibility index (Phi) is 3.51. The minimum absolute atomic E-state index is 0.0963. The van der Waals surface area contributed by atoms with E-state index in [1.165, 1.54) is 44.2 Å². The number of aromatic amines is 1. The Morgan fingerprint density at radius 1 is 1.12 bits per heavy atom. The number of fused-ring (bicyclic) bond motifs is 5. The van der Waals surface area contributed by atoms with E-state index in [9.17, 15) is 5.11 Å². The fourth-order valence-electron chi connectivity index (χ4n) is 7.61. The molecule has 0 saturated heterocycles. The van der Waals surface area contributed by atoms with Crippen LogP contribution in [0.5, 0.6) is 0 Å². The average Bonchev–Trinajstić information content (AvgIpc) is 3.22. The molecule has 136 valence electrons.